The van der Waals surface area contributed by atoms with Crippen LogP contribution in [-0.4, -0.2) is 34.3 Å². The molecule has 0 bridgehead atoms. The molecule has 0 aliphatic rings. The van der Waals surface area contributed by atoms with E-state index in [1.165, 1.54) is 6.33 Å². The van der Waals surface area contributed by atoms with Crippen LogP contribution in [0.1, 0.15) is 12.5 Å². The average molecular weight is 280 g/mol. The summed E-state index contributed by atoms with van der Waals surface area (Å²) in [5.74, 6) is 1.20. The molecule has 0 saturated carbocycles. The van der Waals surface area contributed by atoms with Gasteiger partial charge in [0.2, 0.25) is 0 Å². The number of halogens is 3. The molecule has 1 rings (SSSR count). The average Bonchev–Trinajstić information content (AvgIpc) is 2.28. The minimum Gasteiger partial charge on any atom is -0.370 e. The number of nitrogens with zero attached hydrogens (tertiary/aromatic N) is 2. The Hall–Kier alpha value is -1.18. The Labute approximate surface area is 108 Å². The van der Waals surface area contributed by atoms with E-state index in [1.807, 2.05) is 13.8 Å². The second-order valence-corrected chi connectivity index (χ2v) is 4.61. The van der Waals surface area contributed by atoms with Gasteiger partial charge in [0.25, 0.3) is 0 Å². The predicted octanol–water partition coefficient (Wildman–Crippen LogP) is 2.88. The van der Waals surface area contributed by atoms with E-state index in [9.17, 15) is 13.2 Å². The summed E-state index contributed by atoms with van der Waals surface area (Å²) in [5.41, 5.74) is -3.38. The summed E-state index contributed by atoms with van der Waals surface area (Å²) < 4.78 is 35.8. The monoisotopic (exact) mass is 280 g/mol. The molecule has 102 valence electrons. The molecule has 8 heteroatoms. The van der Waals surface area contributed by atoms with Gasteiger partial charge in [-0.1, -0.05) is 0 Å². The number of rotatable bonds is 6. The van der Waals surface area contributed by atoms with Crippen molar-refractivity contribution in [2.75, 3.05) is 29.5 Å². The molecule has 1 aromatic heterocycles. The molecule has 0 saturated heterocycles. The summed E-state index contributed by atoms with van der Waals surface area (Å²) in [5, 5.41) is 5.93. The van der Waals surface area contributed by atoms with Crippen molar-refractivity contribution in [3.05, 3.63) is 11.9 Å². The van der Waals surface area contributed by atoms with Gasteiger partial charge in [0.05, 0.1) is 0 Å². The fourth-order valence-corrected chi connectivity index (χ4v) is 1.75. The van der Waals surface area contributed by atoms with Crippen LogP contribution in [-0.2, 0) is 0 Å². The summed E-state index contributed by atoms with van der Waals surface area (Å²) in [6, 6.07) is 0. The smallest absolute Gasteiger partial charge is 0.370 e. The van der Waals surface area contributed by atoms with Gasteiger partial charge >= 0.3 is 5.51 Å². The van der Waals surface area contributed by atoms with Crippen LogP contribution >= 0.6 is 11.8 Å². The summed E-state index contributed by atoms with van der Waals surface area (Å²) in [4.78, 5) is 8.05. The molecule has 0 radical (unpaired) electrons. The standard InChI is InChI=1S/C10H15F3N4S/c1-3-14-8-7(2)9(17-6-16-8)15-4-5-18-10(11,12)13/h6H,3-5H2,1-2H3,(H2,14,15,16,17). The molecular formula is C10H15F3N4S. The maximum absolute atomic E-state index is 11.9. The van der Waals surface area contributed by atoms with Gasteiger partial charge < -0.3 is 10.6 Å². The van der Waals surface area contributed by atoms with E-state index in [-0.39, 0.29) is 24.1 Å². The molecule has 1 aromatic rings. The van der Waals surface area contributed by atoms with Crippen molar-refractivity contribution in [3.63, 3.8) is 0 Å². The summed E-state index contributed by atoms with van der Waals surface area (Å²) in [7, 11) is 0. The van der Waals surface area contributed by atoms with Crippen molar-refractivity contribution in [1.82, 2.24) is 9.97 Å². The van der Waals surface area contributed by atoms with E-state index in [2.05, 4.69) is 20.6 Å². The molecule has 0 spiro atoms. The van der Waals surface area contributed by atoms with Crippen molar-refractivity contribution in [1.29, 1.82) is 0 Å². The van der Waals surface area contributed by atoms with Crippen LogP contribution < -0.4 is 10.6 Å². The number of thioether (sulfide) groups is 1. The van der Waals surface area contributed by atoms with E-state index < -0.39 is 5.51 Å². The first-order chi connectivity index (χ1) is 8.44. The lowest BCUT2D eigenvalue weighted by Gasteiger charge is -2.12. The lowest BCUT2D eigenvalue weighted by atomic mass is 10.3. The third-order valence-corrected chi connectivity index (χ3v) is 2.82. The van der Waals surface area contributed by atoms with E-state index in [1.54, 1.807) is 0 Å². The zero-order valence-electron chi connectivity index (χ0n) is 10.1. The second kappa shape index (κ2) is 6.67. The third kappa shape index (κ3) is 4.99. The topological polar surface area (TPSA) is 49.8 Å². The Morgan fingerprint density at radius 1 is 1.22 bits per heavy atom. The Morgan fingerprint density at radius 3 is 2.39 bits per heavy atom. The first-order valence-electron chi connectivity index (χ1n) is 5.44. The van der Waals surface area contributed by atoms with Crippen LogP contribution in [0, 0.1) is 6.92 Å². The minimum atomic E-state index is -4.18. The molecule has 18 heavy (non-hydrogen) atoms. The highest BCUT2D eigenvalue weighted by atomic mass is 32.2. The summed E-state index contributed by atoms with van der Waals surface area (Å²) in [6.45, 7) is 4.68. The highest BCUT2D eigenvalue weighted by Crippen LogP contribution is 2.29. The van der Waals surface area contributed by atoms with Gasteiger partial charge in [-0.15, -0.1) is 0 Å². The van der Waals surface area contributed by atoms with E-state index >= 15 is 0 Å². The SMILES string of the molecule is CCNc1ncnc(NCCSC(F)(F)F)c1C. The van der Waals surface area contributed by atoms with Gasteiger partial charge in [-0.25, -0.2) is 9.97 Å². The maximum atomic E-state index is 11.9. The van der Waals surface area contributed by atoms with Crippen LogP contribution in [0.25, 0.3) is 0 Å². The van der Waals surface area contributed by atoms with E-state index in [0.717, 1.165) is 12.1 Å². The van der Waals surface area contributed by atoms with Crippen molar-refractivity contribution in [2.45, 2.75) is 19.4 Å². The molecule has 0 aliphatic carbocycles. The summed E-state index contributed by atoms with van der Waals surface area (Å²) in [6.07, 6.45) is 1.38. The van der Waals surface area contributed by atoms with Crippen molar-refractivity contribution < 1.29 is 13.2 Å². The van der Waals surface area contributed by atoms with Gasteiger partial charge in [0.1, 0.15) is 18.0 Å². The molecule has 2 N–H and O–H groups in total. The van der Waals surface area contributed by atoms with Gasteiger partial charge in [0.15, 0.2) is 0 Å². The van der Waals surface area contributed by atoms with Crippen molar-refractivity contribution >= 4 is 23.4 Å². The van der Waals surface area contributed by atoms with Gasteiger partial charge in [-0.3, -0.25) is 0 Å². The Balaban J connectivity index is 2.50. The lowest BCUT2D eigenvalue weighted by molar-refractivity contribution is -0.0327. The van der Waals surface area contributed by atoms with Crippen molar-refractivity contribution in [2.24, 2.45) is 0 Å². The van der Waals surface area contributed by atoms with Gasteiger partial charge in [-0.2, -0.15) is 13.2 Å². The lowest BCUT2D eigenvalue weighted by Crippen LogP contribution is -2.12. The molecule has 0 atom stereocenters. The molecule has 4 nitrogen and oxygen atoms in total. The minimum absolute atomic E-state index is 0.0484. The van der Waals surface area contributed by atoms with E-state index in [0.29, 0.717) is 11.6 Å². The highest BCUT2D eigenvalue weighted by Gasteiger charge is 2.27. The van der Waals surface area contributed by atoms with Gasteiger partial charge in [-0.05, 0) is 25.6 Å². The number of hydrogen-bond donors (Lipinski definition) is 2. The zero-order valence-corrected chi connectivity index (χ0v) is 11.0. The number of aromatic nitrogens is 2. The maximum Gasteiger partial charge on any atom is 0.441 e. The first kappa shape index (κ1) is 14.9. The van der Waals surface area contributed by atoms with Crippen LogP contribution in [0.2, 0.25) is 0 Å². The van der Waals surface area contributed by atoms with Crippen LogP contribution in [0.15, 0.2) is 6.33 Å². The largest absolute Gasteiger partial charge is 0.441 e. The molecule has 0 fully saturated rings. The van der Waals surface area contributed by atoms with Crippen molar-refractivity contribution in [3.8, 4) is 0 Å². The summed E-state index contributed by atoms with van der Waals surface area (Å²) >= 11 is -0.0484. The molecule has 0 unspecified atom stereocenters. The molecule has 0 amide bonds. The second-order valence-electron chi connectivity index (χ2n) is 3.45. The first-order valence-corrected chi connectivity index (χ1v) is 6.42. The molecule has 0 aliphatic heterocycles. The van der Waals surface area contributed by atoms with Crippen LogP contribution in [0.4, 0.5) is 24.8 Å². The number of nitrogens with one attached hydrogen (secondary N) is 2. The van der Waals surface area contributed by atoms with E-state index in [4.69, 9.17) is 0 Å². The van der Waals surface area contributed by atoms with Gasteiger partial charge in [0, 0.05) is 24.4 Å². The molecular weight excluding hydrogens is 265 g/mol. The number of anilines is 2. The zero-order chi connectivity index (χ0) is 13.6. The predicted molar refractivity (Wildman–Crippen MR) is 67.9 cm³/mol. The number of alkyl halides is 3. The molecule has 0 aromatic carbocycles. The quantitative estimate of drug-likeness (QED) is 0.785. The highest BCUT2D eigenvalue weighted by molar-refractivity contribution is 8.00. The Bertz CT molecular complexity index is 384. The van der Waals surface area contributed by atoms with Crippen LogP contribution in [0.3, 0.4) is 0 Å². The fraction of sp³-hybridized carbons (Fsp3) is 0.600. The third-order valence-electron chi connectivity index (χ3n) is 2.09. The number of hydrogen-bond acceptors (Lipinski definition) is 5. The molecule has 1 heterocycles. The fourth-order valence-electron chi connectivity index (χ4n) is 1.31. The van der Waals surface area contributed by atoms with Crippen LogP contribution in [0.5, 0.6) is 0 Å². The Morgan fingerprint density at radius 2 is 1.83 bits per heavy atom. The normalized spacial score (nSPS) is 11.4. The Kier molecular flexibility index (Phi) is 5.52.